The standard InChI is InChI=1S/C17H14F4N4O2/c1-8-11-6-9(18)2-4-12(11)27-14(8)15(17(19,20)21)25-16(26)24-10-3-5-13(22)23-7-10/h2-7,15H,1H3,(H2,22,23)(H2,24,25,26)/t15-/m0/s1. The van der Waals surface area contributed by atoms with Gasteiger partial charge in [0.1, 0.15) is 23.0 Å². The number of nitrogens with one attached hydrogen (secondary N) is 2. The molecule has 1 aromatic carbocycles. The molecule has 27 heavy (non-hydrogen) atoms. The van der Waals surface area contributed by atoms with Gasteiger partial charge in [0.25, 0.3) is 0 Å². The van der Waals surface area contributed by atoms with Crippen LogP contribution in [0.4, 0.5) is 33.9 Å². The van der Waals surface area contributed by atoms with E-state index in [1.54, 1.807) is 0 Å². The van der Waals surface area contributed by atoms with Crippen LogP contribution in [0.2, 0.25) is 0 Å². The van der Waals surface area contributed by atoms with Crippen LogP contribution in [0.3, 0.4) is 0 Å². The number of fused-ring (bicyclic) bond motifs is 1. The molecule has 6 nitrogen and oxygen atoms in total. The number of pyridine rings is 1. The largest absolute Gasteiger partial charge is 0.458 e. The fourth-order valence-corrected chi connectivity index (χ4v) is 2.56. The summed E-state index contributed by atoms with van der Waals surface area (Å²) >= 11 is 0. The molecule has 3 rings (SSSR count). The molecule has 0 saturated carbocycles. The summed E-state index contributed by atoms with van der Waals surface area (Å²) in [7, 11) is 0. The molecule has 2 aromatic heterocycles. The number of furan rings is 1. The molecule has 142 valence electrons. The Balaban J connectivity index is 1.89. The van der Waals surface area contributed by atoms with Crippen LogP contribution < -0.4 is 16.4 Å². The minimum absolute atomic E-state index is 0.0845. The van der Waals surface area contributed by atoms with Crippen molar-refractivity contribution in [3.63, 3.8) is 0 Å². The molecule has 0 radical (unpaired) electrons. The van der Waals surface area contributed by atoms with Crippen molar-refractivity contribution in [3.05, 3.63) is 53.7 Å². The average Bonchev–Trinajstić information content (AvgIpc) is 2.90. The Bertz CT molecular complexity index is 983. The molecule has 10 heteroatoms. The number of carbonyl (C=O) groups excluding carboxylic acids is 1. The van der Waals surface area contributed by atoms with Crippen LogP contribution in [0.1, 0.15) is 17.4 Å². The molecule has 2 amide bonds. The second kappa shape index (κ2) is 6.78. The van der Waals surface area contributed by atoms with Crippen molar-refractivity contribution in [2.45, 2.75) is 19.1 Å². The summed E-state index contributed by atoms with van der Waals surface area (Å²) in [6, 6.07) is 2.62. The lowest BCUT2D eigenvalue weighted by Crippen LogP contribution is -2.40. The van der Waals surface area contributed by atoms with Gasteiger partial charge in [-0.25, -0.2) is 14.2 Å². The van der Waals surface area contributed by atoms with E-state index in [4.69, 9.17) is 10.2 Å². The second-order valence-electron chi connectivity index (χ2n) is 5.78. The average molecular weight is 382 g/mol. The number of aromatic nitrogens is 1. The first-order valence-corrected chi connectivity index (χ1v) is 7.69. The highest BCUT2D eigenvalue weighted by atomic mass is 19.4. The van der Waals surface area contributed by atoms with Crippen molar-refractivity contribution >= 4 is 28.5 Å². The van der Waals surface area contributed by atoms with Gasteiger partial charge >= 0.3 is 12.2 Å². The van der Waals surface area contributed by atoms with Crippen molar-refractivity contribution in [3.8, 4) is 0 Å². The maximum atomic E-state index is 13.5. The molecule has 0 aliphatic rings. The van der Waals surface area contributed by atoms with Gasteiger partial charge in [-0.15, -0.1) is 0 Å². The van der Waals surface area contributed by atoms with Gasteiger partial charge in [0, 0.05) is 10.9 Å². The molecule has 3 aromatic rings. The Morgan fingerprint density at radius 1 is 1.26 bits per heavy atom. The Labute approximate surface area is 150 Å². The monoisotopic (exact) mass is 382 g/mol. The van der Waals surface area contributed by atoms with E-state index in [9.17, 15) is 22.4 Å². The predicted octanol–water partition coefficient (Wildman–Crippen LogP) is 4.28. The topological polar surface area (TPSA) is 93.2 Å². The summed E-state index contributed by atoms with van der Waals surface area (Å²) in [5, 5.41) is 4.26. The molecule has 0 saturated heterocycles. The number of alkyl halides is 3. The lowest BCUT2D eigenvalue weighted by atomic mass is 10.1. The van der Waals surface area contributed by atoms with Crippen molar-refractivity contribution < 1.29 is 26.8 Å². The van der Waals surface area contributed by atoms with Crippen LogP contribution in [0.25, 0.3) is 11.0 Å². The molecule has 2 heterocycles. The summed E-state index contributed by atoms with van der Waals surface area (Å²) in [6.45, 7) is 1.36. The number of nitrogens with zero attached hydrogens (tertiary/aromatic N) is 1. The number of nitrogens with two attached hydrogens (primary N) is 1. The summed E-state index contributed by atoms with van der Waals surface area (Å²) < 4.78 is 59.3. The van der Waals surface area contributed by atoms with E-state index in [0.29, 0.717) is 0 Å². The van der Waals surface area contributed by atoms with Crippen LogP contribution in [-0.2, 0) is 0 Å². The fourth-order valence-electron chi connectivity index (χ4n) is 2.56. The molecule has 1 atom stereocenters. The van der Waals surface area contributed by atoms with Crippen molar-refractivity contribution in [1.82, 2.24) is 10.3 Å². The Kier molecular flexibility index (Phi) is 4.64. The third-order valence-corrected chi connectivity index (χ3v) is 3.84. The number of anilines is 2. The van der Waals surface area contributed by atoms with Gasteiger partial charge in [0.2, 0.25) is 0 Å². The molecule has 0 aliphatic heterocycles. The number of aryl methyl sites for hydroxylation is 1. The molecule has 0 aliphatic carbocycles. The normalized spacial score (nSPS) is 12.8. The Hall–Kier alpha value is -3.30. The van der Waals surface area contributed by atoms with E-state index in [0.717, 1.165) is 12.1 Å². The summed E-state index contributed by atoms with van der Waals surface area (Å²) in [5.74, 6) is -0.934. The van der Waals surface area contributed by atoms with Gasteiger partial charge in [-0.3, -0.25) is 0 Å². The third-order valence-electron chi connectivity index (χ3n) is 3.84. The first-order valence-electron chi connectivity index (χ1n) is 7.69. The predicted molar refractivity (Wildman–Crippen MR) is 90.5 cm³/mol. The van der Waals surface area contributed by atoms with Crippen molar-refractivity contribution in [2.75, 3.05) is 11.1 Å². The Morgan fingerprint density at radius 3 is 2.63 bits per heavy atom. The zero-order valence-electron chi connectivity index (χ0n) is 13.9. The molecule has 0 spiro atoms. The number of hydrogen-bond donors (Lipinski definition) is 3. The maximum Gasteiger partial charge on any atom is 0.416 e. The Morgan fingerprint density at radius 2 is 2.00 bits per heavy atom. The molecule has 0 bridgehead atoms. The zero-order valence-corrected chi connectivity index (χ0v) is 13.9. The summed E-state index contributed by atoms with van der Waals surface area (Å²) in [6.07, 6.45) is -3.64. The number of hydrogen-bond acceptors (Lipinski definition) is 4. The fraction of sp³-hybridized carbons (Fsp3) is 0.176. The number of halogens is 4. The molecule has 0 fully saturated rings. The van der Waals surface area contributed by atoms with E-state index in [-0.39, 0.29) is 28.0 Å². The van der Waals surface area contributed by atoms with E-state index in [2.05, 4.69) is 10.3 Å². The number of urea groups is 1. The van der Waals surface area contributed by atoms with Crippen LogP contribution in [0, 0.1) is 12.7 Å². The zero-order chi connectivity index (χ0) is 19.8. The van der Waals surface area contributed by atoms with Crippen LogP contribution >= 0.6 is 0 Å². The number of rotatable bonds is 3. The molecule has 0 unspecified atom stereocenters. The molecular formula is C17H14F4N4O2. The van der Waals surface area contributed by atoms with Crippen molar-refractivity contribution in [2.24, 2.45) is 0 Å². The van der Waals surface area contributed by atoms with E-state index in [1.165, 1.54) is 31.3 Å². The maximum absolute atomic E-state index is 13.5. The summed E-state index contributed by atoms with van der Waals surface area (Å²) in [5.41, 5.74) is 5.74. The third kappa shape index (κ3) is 3.94. The van der Waals surface area contributed by atoms with Gasteiger partial charge < -0.3 is 20.8 Å². The van der Waals surface area contributed by atoms with Crippen LogP contribution in [-0.4, -0.2) is 17.2 Å². The van der Waals surface area contributed by atoms with Gasteiger partial charge in [0.05, 0.1) is 11.9 Å². The van der Waals surface area contributed by atoms with Gasteiger partial charge in [-0.2, -0.15) is 13.2 Å². The van der Waals surface area contributed by atoms with Crippen molar-refractivity contribution in [1.29, 1.82) is 0 Å². The van der Waals surface area contributed by atoms with E-state index in [1.807, 2.05) is 5.32 Å². The molecular weight excluding hydrogens is 368 g/mol. The highest BCUT2D eigenvalue weighted by Gasteiger charge is 2.45. The smallest absolute Gasteiger partial charge is 0.416 e. The van der Waals surface area contributed by atoms with Gasteiger partial charge in [0.15, 0.2) is 6.04 Å². The summed E-state index contributed by atoms with van der Waals surface area (Å²) in [4.78, 5) is 15.8. The van der Waals surface area contributed by atoms with Crippen LogP contribution in [0.5, 0.6) is 0 Å². The highest BCUT2D eigenvalue weighted by Crippen LogP contribution is 2.38. The minimum Gasteiger partial charge on any atom is -0.458 e. The minimum atomic E-state index is -4.84. The SMILES string of the molecule is Cc1c([C@H](NC(=O)Nc2ccc(N)nc2)C(F)(F)F)oc2ccc(F)cc12. The van der Waals surface area contributed by atoms with Crippen LogP contribution in [0.15, 0.2) is 40.9 Å². The van der Waals surface area contributed by atoms with Gasteiger partial charge in [-0.1, -0.05) is 0 Å². The van der Waals surface area contributed by atoms with E-state index >= 15 is 0 Å². The number of carbonyl (C=O) groups is 1. The highest BCUT2D eigenvalue weighted by molar-refractivity contribution is 5.90. The lowest BCUT2D eigenvalue weighted by molar-refractivity contribution is -0.158. The number of benzene rings is 1. The number of nitrogen functional groups attached to an aromatic ring is 1. The first kappa shape index (κ1) is 18.5. The second-order valence-corrected chi connectivity index (χ2v) is 5.78. The van der Waals surface area contributed by atoms with E-state index < -0.39 is 29.8 Å². The molecule has 4 N–H and O–H groups in total. The quantitative estimate of drug-likeness (QED) is 0.590. The van der Waals surface area contributed by atoms with Gasteiger partial charge in [-0.05, 0) is 37.3 Å². The first-order chi connectivity index (χ1) is 12.6. The lowest BCUT2D eigenvalue weighted by Gasteiger charge is -2.20. The number of amides is 2.